The zero-order valence-corrected chi connectivity index (χ0v) is 10.8. The van der Waals surface area contributed by atoms with E-state index in [0.717, 1.165) is 12.1 Å². The van der Waals surface area contributed by atoms with Crippen molar-refractivity contribution in [3.05, 3.63) is 64.4 Å². The molecule has 0 fully saturated rings. The molecule has 2 heterocycles. The van der Waals surface area contributed by atoms with Gasteiger partial charge in [-0.3, -0.25) is 0 Å². The normalized spacial score (nSPS) is 23.5. The number of nitrogens with zero attached hydrogens (tertiary/aromatic N) is 2. The van der Waals surface area contributed by atoms with Crippen LogP contribution in [0.4, 0.5) is 0 Å². The van der Waals surface area contributed by atoms with Crippen LogP contribution in [0.15, 0.2) is 47.6 Å². The number of aromatic nitrogens is 1. The molecule has 1 aromatic carbocycles. The molecule has 0 spiro atoms. The predicted octanol–water partition coefficient (Wildman–Crippen LogP) is 3.18. The van der Waals surface area contributed by atoms with Gasteiger partial charge in [0.05, 0.1) is 5.02 Å². The summed E-state index contributed by atoms with van der Waals surface area (Å²) in [6.07, 6.45) is 2.65. The van der Waals surface area contributed by atoms with E-state index in [0.29, 0.717) is 10.9 Å². The molecule has 94 valence electrons. The smallest absolute Gasteiger partial charge is 0.236 e. The van der Waals surface area contributed by atoms with Crippen LogP contribution in [-0.4, -0.2) is 17.0 Å². The summed E-state index contributed by atoms with van der Waals surface area (Å²) < 4.78 is 5.94. The third kappa shape index (κ3) is 1.73. The van der Waals surface area contributed by atoms with E-state index in [1.165, 1.54) is 11.1 Å². The highest BCUT2D eigenvalue weighted by Gasteiger charge is 2.39. The highest BCUT2D eigenvalue weighted by atomic mass is 35.5. The molecule has 0 N–H and O–H groups in total. The first-order valence-corrected chi connectivity index (χ1v) is 6.63. The first-order chi connectivity index (χ1) is 9.31. The number of benzene rings is 1. The Labute approximate surface area is 115 Å². The largest absolute Gasteiger partial charge is 0.470 e. The second kappa shape index (κ2) is 4.07. The quantitative estimate of drug-likeness (QED) is 0.798. The zero-order valence-electron chi connectivity index (χ0n) is 10.1. The Balaban J connectivity index is 1.71. The van der Waals surface area contributed by atoms with Crippen molar-refractivity contribution in [1.29, 1.82) is 0 Å². The van der Waals surface area contributed by atoms with Crippen LogP contribution < -0.4 is 0 Å². The van der Waals surface area contributed by atoms with E-state index >= 15 is 0 Å². The van der Waals surface area contributed by atoms with Crippen LogP contribution in [-0.2, 0) is 11.2 Å². The first-order valence-electron chi connectivity index (χ1n) is 6.25. The second-order valence-electron chi connectivity index (χ2n) is 4.80. The van der Waals surface area contributed by atoms with Gasteiger partial charge in [0.1, 0.15) is 17.8 Å². The Morgan fingerprint density at radius 2 is 2.05 bits per heavy atom. The van der Waals surface area contributed by atoms with Gasteiger partial charge in [0.25, 0.3) is 0 Å². The summed E-state index contributed by atoms with van der Waals surface area (Å²) in [5, 5.41) is 0.618. The number of hydrogen-bond donors (Lipinski definition) is 0. The molecule has 0 saturated heterocycles. The van der Waals surface area contributed by atoms with Crippen molar-refractivity contribution < 1.29 is 4.74 Å². The fraction of sp³-hybridized carbons (Fsp3) is 0.200. The molecule has 3 nitrogen and oxygen atoms in total. The highest BCUT2D eigenvalue weighted by Crippen LogP contribution is 2.40. The lowest BCUT2D eigenvalue weighted by molar-refractivity contribution is 0.206. The van der Waals surface area contributed by atoms with Gasteiger partial charge in [-0.2, -0.15) is 0 Å². The summed E-state index contributed by atoms with van der Waals surface area (Å²) >= 11 is 5.84. The SMILES string of the molecule is Clc1ccc(C2=NC3c4ccccc4CC3O2)nc1. The molecule has 2 atom stereocenters. The molecule has 1 aliphatic carbocycles. The van der Waals surface area contributed by atoms with Crippen molar-refractivity contribution in [2.24, 2.45) is 4.99 Å². The van der Waals surface area contributed by atoms with Crippen LogP contribution >= 0.6 is 11.6 Å². The lowest BCUT2D eigenvalue weighted by atomic mass is 10.1. The summed E-state index contributed by atoms with van der Waals surface area (Å²) in [6, 6.07) is 12.1. The van der Waals surface area contributed by atoms with Crippen molar-refractivity contribution in [2.45, 2.75) is 18.6 Å². The Morgan fingerprint density at radius 3 is 2.89 bits per heavy atom. The lowest BCUT2D eigenvalue weighted by Gasteiger charge is -2.08. The maximum absolute atomic E-state index is 5.94. The van der Waals surface area contributed by atoms with Crippen LogP contribution in [0.2, 0.25) is 5.02 Å². The summed E-state index contributed by atoms with van der Waals surface area (Å²) in [6.45, 7) is 0. The van der Waals surface area contributed by atoms with E-state index in [-0.39, 0.29) is 12.1 Å². The molecule has 0 bridgehead atoms. The Morgan fingerprint density at radius 1 is 1.16 bits per heavy atom. The molecule has 2 aromatic rings. The van der Waals surface area contributed by atoms with Crippen molar-refractivity contribution in [1.82, 2.24) is 4.98 Å². The van der Waals surface area contributed by atoms with Crippen molar-refractivity contribution in [3.63, 3.8) is 0 Å². The second-order valence-corrected chi connectivity index (χ2v) is 5.24. The minimum absolute atomic E-state index is 0.115. The van der Waals surface area contributed by atoms with Gasteiger partial charge in [-0.25, -0.2) is 9.98 Å². The zero-order chi connectivity index (χ0) is 12.8. The molecule has 0 radical (unpaired) electrons. The summed E-state index contributed by atoms with van der Waals surface area (Å²) in [7, 11) is 0. The molecule has 4 heteroatoms. The Kier molecular flexibility index (Phi) is 2.35. The number of hydrogen-bond acceptors (Lipinski definition) is 3. The van der Waals surface area contributed by atoms with Gasteiger partial charge in [-0.1, -0.05) is 35.9 Å². The topological polar surface area (TPSA) is 34.5 Å². The number of pyridine rings is 1. The van der Waals surface area contributed by atoms with Crippen LogP contribution in [0.5, 0.6) is 0 Å². The van der Waals surface area contributed by atoms with Gasteiger partial charge < -0.3 is 4.74 Å². The van der Waals surface area contributed by atoms with E-state index in [4.69, 9.17) is 16.3 Å². The van der Waals surface area contributed by atoms with Gasteiger partial charge in [0.15, 0.2) is 0 Å². The van der Waals surface area contributed by atoms with Crippen molar-refractivity contribution >= 4 is 17.5 Å². The number of fused-ring (bicyclic) bond motifs is 3. The summed E-state index contributed by atoms with van der Waals surface area (Å²) in [5.74, 6) is 0.626. The van der Waals surface area contributed by atoms with E-state index < -0.39 is 0 Å². The van der Waals surface area contributed by atoms with Gasteiger partial charge in [0.2, 0.25) is 5.90 Å². The van der Waals surface area contributed by atoms with Crippen molar-refractivity contribution in [3.8, 4) is 0 Å². The molecule has 1 aromatic heterocycles. The molecule has 4 rings (SSSR count). The molecule has 0 saturated carbocycles. The summed E-state index contributed by atoms with van der Waals surface area (Å²) in [4.78, 5) is 8.94. The summed E-state index contributed by atoms with van der Waals surface area (Å²) in [5.41, 5.74) is 3.36. The molecule has 2 aliphatic rings. The molecular formula is C15H11ClN2O. The van der Waals surface area contributed by atoms with E-state index in [2.05, 4.69) is 34.2 Å². The van der Waals surface area contributed by atoms with Gasteiger partial charge in [-0.15, -0.1) is 0 Å². The highest BCUT2D eigenvalue weighted by molar-refractivity contribution is 6.30. The van der Waals surface area contributed by atoms with Crippen LogP contribution in [0.1, 0.15) is 22.9 Å². The molecule has 1 aliphatic heterocycles. The number of halogens is 1. The fourth-order valence-electron chi connectivity index (χ4n) is 2.73. The molecular weight excluding hydrogens is 260 g/mol. The number of aliphatic imine (C=N–C) groups is 1. The van der Waals surface area contributed by atoms with Crippen LogP contribution in [0.25, 0.3) is 0 Å². The fourth-order valence-corrected chi connectivity index (χ4v) is 2.84. The average Bonchev–Trinajstić information content (AvgIpc) is 2.97. The van der Waals surface area contributed by atoms with E-state index in [1.54, 1.807) is 12.3 Å². The standard InChI is InChI=1S/C15H11ClN2O/c16-10-5-6-12(17-8-10)15-18-14-11-4-2-1-3-9(11)7-13(14)19-15/h1-6,8,13-14H,7H2. The predicted molar refractivity (Wildman–Crippen MR) is 73.5 cm³/mol. The third-order valence-corrected chi connectivity index (χ3v) is 3.84. The number of rotatable bonds is 1. The van der Waals surface area contributed by atoms with E-state index in [9.17, 15) is 0 Å². The molecule has 19 heavy (non-hydrogen) atoms. The number of ether oxygens (including phenoxy) is 1. The van der Waals surface area contributed by atoms with Crippen LogP contribution in [0.3, 0.4) is 0 Å². The van der Waals surface area contributed by atoms with Gasteiger partial charge >= 0.3 is 0 Å². The van der Waals surface area contributed by atoms with Crippen LogP contribution in [0, 0.1) is 0 Å². The first kappa shape index (κ1) is 11.0. The molecule has 0 amide bonds. The minimum Gasteiger partial charge on any atom is -0.470 e. The Hall–Kier alpha value is -1.87. The maximum Gasteiger partial charge on any atom is 0.236 e. The molecule has 2 unspecified atom stereocenters. The lowest BCUT2D eigenvalue weighted by Crippen LogP contribution is -2.14. The minimum atomic E-state index is 0.115. The van der Waals surface area contributed by atoms with Crippen molar-refractivity contribution in [2.75, 3.05) is 0 Å². The van der Waals surface area contributed by atoms with E-state index in [1.807, 2.05) is 6.07 Å². The average molecular weight is 271 g/mol. The monoisotopic (exact) mass is 270 g/mol. The van der Waals surface area contributed by atoms with Gasteiger partial charge in [0, 0.05) is 12.6 Å². The van der Waals surface area contributed by atoms with Gasteiger partial charge in [-0.05, 0) is 23.3 Å². The third-order valence-electron chi connectivity index (χ3n) is 3.61. The Bertz CT molecular complexity index is 666. The maximum atomic E-state index is 5.94.